The van der Waals surface area contributed by atoms with Gasteiger partial charge in [0.15, 0.2) is 0 Å². The molecule has 0 saturated heterocycles. The first-order valence-corrected chi connectivity index (χ1v) is 5.94. The van der Waals surface area contributed by atoms with Crippen molar-refractivity contribution in [3.63, 3.8) is 0 Å². The molecule has 4 heteroatoms. The van der Waals surface area contributed by atoms with Crippen molar-refractivity contribution >= 4 is 16.9 Å². The van der Waals surface area contributed by atoms with Crippen LogP contribution in [-0.4, -0.2) is 15.6 Å². The lowest BCUT2D eigenvalue weighted by Crippen LogP contribution is -2.14. The van der Waals surface area contributed by atoms with Crippen molar-refractivity contribution < 1.29 is 9.90 Å². The van der Waals surface area contributed by atoms with Crippen LogP contribution in [0.2, 0.25) is 0 Å². The number of carbonyl (C=O) groups is 1. The summed E-state index contributed by atoms with van der Waals surface area (Å²) in [7, 11) is 2.01. The van der Waals surface area contributed by atoms with Crippen molar-refractivity contribution in [1.29, 1.82) is 0 Å². The largest absolute Gasteiger partial charge is 0.481 e. The van der Waals surface area contributed by atoms with Crippen LogP contribution in [0.25, 0.3) is 10.9 Å². The van der Waals surface area contributed by atoms with E-state index in [1.807, 2.05) is 25.2 Å². The molecular formula is C14H18N2O2. The number of hydrogen-bond donors (Lipinski definition) is 2. The average Bonchev–Trinajstić information content (AvgIpc) is 2.53. The summed E-state index contributed by atoms with van der Waals surface area (Å²) in [5, 5.41) is 9.97. The fraction of sp³-hybridized carbons (Fsp3) is 0.357. The Labute approximate surface area is 106 Å². The van der Waals surface area contributed by atoms with Crippen LogP contribution < -0.4 is 5.73 Å². The fourth-order valence-electron chi connectivity index (χ4n) is 2.31. The number of nitrogens with zero attached hydrogens (tertiary/aromatic N) is 1. The number of benzene rings is 1. The summed E-state index contributed by atoms with van der Waals surface area (Å²) in [5.74, 6) is -0.873. The minimum atomic E-state index is -0.873. The van der Waals surface area contributed by atoms with Crippen molar-refractivity contribution in [2.45, 2.75) is 26.3 Å². The number of aryl methyl sites for hydroxylation is 2. The lowest BCUT2D eigenvalue weighted by atomic mass is 10.0. The molecule has 18 heavy (non-hydrogen) atoms. The van der Waals surface area contributed by atoms with E-state index < -0.39 is 12.0 Å². The Kier molecular flexibility index (Phi) is 3.13. The maximum Gasteiger partial charge on any atom is 0.305 e. The number of carboxylic acids is 1. The number of nitrogens with two attached hydrogens (primary N) is 1. The summed E-state index contributed by atoms with van der Waals surface area (Å²) < 4.78 is 2.11. The third-order valence-electron chi connectivity index (χ3n) is 3.66. The smallest absolute Gasteiger partial charge is 0.305 e. The lowest BCUT2D eigenvalue weighted by Gasteiger charge is -2.10. The van der Waals surface area contributed by atoms with Gasteiger partial charge >= 0.3 is 5.97 Å². The molecule has 1 atom stereocenters. The Morgan fingerprint density at radius 2 is 2.11 bits per heavy atom. The van der Waals surface area contributed by atoms with Gasteiger partial charge in [-0.2, -0.15) is 0 Å². The van der Waals surface area contributed by atoms with Gasteiger partial charge in [-0.1, -0.05) is 12.1 Å². The van der Waals surface area contributed by atoms with Crippen LogP contribution in [-0.2, 0) is 11.8 Å². The van der Waals surface area contributed by atoms with E-state index in [0.29, 0.717) is 0 Å². The summed E-state index contributed by atoms with van der Waals surface area (Å²) in [6, 6.07) is 5.47. The molecule has 2 rings (SSSR count). The number of rotatable bonds is 3. The van der Waals surface area contributed by atoms with Gasteiger partial charge in [0.1, 0.15) is 0 Å². The van der Waals surface area contributed by atoms with Crippen LogP contribution in [0.5, 0.6) is 0 Å². The van der Waals surface area contributed by atoms with Crippen molar-refractivity contribution in [2.24, 2.45) is 12.8 Å². The van der Waals surface area contributed by atoms with Gasteiger partial charge in [0, 0.05) is 29.7 Å². The van der Waals surface area contributed by atoms with Gasteiger partial charge in [-0.3, -0.25) is 4.79 Å². The molecule has 1 aromatic heterocycles. The van der Waals surface area contributed by atoms with Crippen molar-refractivity contribution in [2.75, 3.05) is 0 Å². The monoisotopic (exact) mass is 246 g/mol. The quantitative estimate of drug-likeness (QED) is 0.873. The van der Waals surface area contributed by atoms with Crippen LogP contribution >= 0.6 is 0 Å². The zero-order chi connectivity index (χ0) is 13.4. The first-order chi connectivity index (χ1) is 8.41. The molecule has 0 aliphatic carbocycles. The average molecular weight is 246 g/mol. The molecule has 0 bridgehead atoms. The molecule has 0 aliphatic heterocycles. The number of carboxylic acid groups (broad SMARTS) is 1. The van der Waals surface area contributed by atoms with Gasteiger partial charge < -0.3 is 15.4 Å². The molecule has 4 nitrogen and oxygen atoms in total. The van der Waals surface area contributed by atoms with E-state index in [1.165, 1.54) is 16.6 Å². The summed E-state index contributed by atoms with van der Waals surface area (Å²) >= 11 is 0. The predicted octanol–water partition coefficient (Wildman–Crippen LogP) is 2.27. The van der Waals surface area contributed by atoms with Crippen LogP contribution in [0.1, 0.15) is 29.3 Å². The Bertz CT molecular complexity index is 614. The Balaban J connectivity index is 2.50. The van der Waals surface area contributed by atoms with Crippen LogP contribution in [0.15, 0.2) is 18.2 Å². The van der Waals surface area contributed by atoms with E-state index in [4.69, 9.17) is 10.8 Å². The van der Waals surface area contributed by atoms with Crippen LogP contribution in [0.3, 0.4) is 0 Å². The minimum Gasteiger partial charge on any atom is -0.481 e. The van der Waals surface area contributed by atoms with Gasteiger partial charge in [-0.25, -0.2) is 0 Å². The Morgan fingerprint density at radius 1 is 1.44 bits per heavy atom. The lowest BCUT2D eigenvalue weighted by molar-refractivity contribution is -0.137. The van der Waals surface area contributed by atoms with E-state index >= 15 is 0 Å². The third-order valence-corrected chi connectivity index (χ3v) is 3.66. The van der Waals surface area contributed by atoms with Crippen molar-refractivity contribution in [3.05, 3.63) is 35.0 Å². The summed E-state index contributed by atoms with van der Waals surface area (Å²) in [6.45, 7) is 4.17. The SMILES string of the molecule is Cc1c(C)n(C)c2cc(C(N)CC(=O)O)ccc12. The van der Waals surface area contributed by atoms with Gasteiger partial charge in [0.05, 0.1) is 6.42 Å². The fourth-order valence-corrected chi connectivity index (χ4v) is 2.31. The summed E-state index contributed by atoms with van der Waals surface area (Å²) in [5.41, 5.74) is 10.3. The molecule has 0 amide bonds. The predicted molar refractivity (Wildman–Crippen MR) is 71.6 cm³/mol. The third kappa shape index (κ3) is 1.99. The number of aromatic nitrogens is 1. The molecular weight excluding hydrogens is 228 g/mol. The van der Waals surface area contributed by atoms with E-state index in [9.17, 15) is 4.79 Å². The topological polar surface area (TPSA) is 68.2 Å². The first kappa shape index (κ1) is 12.6. The van der Waals surface area contributed by atoms with Crippen LogP contribution in [0, 0.1) is 13.8 Å². The number of aliphatic carboxylic acids is 1. The second-order valence-corrected chi connectivity index (χ2v) is 4.75. The van der Waals surface area contributed by atoms with E-state index in [1.54, 1.807) is 0 Å². The zero-order valence-corrected chi connectivity index (χ0v) is 10.9. The minimum absolute atomic E-state index is 0.0477. The normalized spacial score (nSPS) is 12.9. The molecule has 0 spiro atoms. The standard InChI is InChI=1S/C14H18N2O2/c1-8-9(2)16(3)13-6-10(4-5-11(8)13)12(15)7-14(17)18/h4-6,12H,7,15H2,1-3H3,(H,17,18). The zero-order valence-electron chi connectivity index (χ0n) is 10.9. The number of hydrogen-bond acceptors (Lipinski definition) is 2. The highest BCUT2D eigenvalue weighted by molar-refractivity contribution is 5.86. The highest BCUT2D eigenvalue weighted by Crippen LogP contribution is 2.27. The van der Waals surface area contributed by atoms with Gasteiger partial charge in [-0.05, 0) is 31.0 Å². The maximum absolute atomic E-state index is 10.7. The second-order valence-electron chi connectivity index (χ2n) is 4.75. The Hall–Kier alpha value is -1.81. The van der Waals surface area contributed by atoms with Gasteiger partial charge in [-0.15, -0.1) is 0 Å². The van der Waals surface area contributed by atoms with Gasteiger partial charge in [0.25, 0.3) is 0 Å². The van der Waals surface area contributed by atoms with Crippen LogP contribution in [0.4, 0.5) is 0 Å². The van der Waals surface area contributed by atoms with E-state index in [0.717, 1.165) is 11.1 Å². The van der Waals surface area contributed by atoms with E-state index in [-0.39, 0.29) is 6.42 Å². The molecule has 0 fully saturated rings. The molecule has 0 radical (unpaired) electrons. The maximum atomic E-state index is 10.7. The highest BCUT2D eigenvalue weighted by atomic mass is 16.4. The summed E-state index contributed by atoms with van der Waals surface area (Å²) in [4.78, 5) is 10.7. The molecule has 0 saturated carbocycles. The first-order valence-electron chi connectivity index (χ1n) is 5.94. The molecule has 1 aromatic carbocycles. The molecule has 2 aromatic rings. The Morgan fingerprint density at radius 3 is 2.72 bits per heavy atom. The van der Waals surface area contributed by atoms with Crippen molar-refractivity contribution in [1.82, 2.24) is 4.57 Å². The second kappa shape index (κ2) is 4.46. The highest BCUT2D eigenvalue weighted by Gasteiger charge is 2.14. The van der Waals surface area contributed by atoms with Crippen molar-refractivity contribution in [3.8, 4) is 0 Å². The molecule has 1 heterocycles. The molecule has 3 N–H and O–H groups in total. The molecule has 0 aliphatic rings. The summed E-state index contributed by atoms with van der Waals surface area (Å²) in [6.07, 6.45) is -0.0477. The number of fused-ring (bicyclic) bond motifs is 1. The molecule has 96 valence electrons. The van der Waals surface area contributed by atoms with E-state index in [2.05, 4.69) is 18.4 Å². The molecule has 1 unspecified atom stereocenters. The van der Waals surface area contributed by atoms with Gasteiger partial charge in [0.2, 0.25) is 0 Å².